The van der Waals surface area contributed by atoms with Crippen molar-refractivity contribution in [1.82, 2.24) is 5.32 Å². The van der Waals surface area contributed by atoms with E-state index in [-0.39, 0.29) is 11.3 Å². The first-order chi connectivity index (χ1) is 9.46. The molecular weight excluding hydrogens is 338 g/mol. The van der Waals surface area contributed by atoms with E-state index in [1.54, 1.807) is 18.2 Å². The van der Waals surface area contributed by atoms with Crippen molar-refractivity contribution in [3.63, 3.8) is 0 Å². The predicted molar refractivity (Wildman–Crippen MR) is 85.6 cm³/mol. The Hall–Kier alpha value is -0.390. The van der Waals surface area contributed by atoms with E-state index in [0.29, 0.717) is 15.3 Å². The van der Waals surface area contributed by atoms with Gasteiger partial charge in [-0.2, -0.15) is 0 Å². The molecule has 1 fully saturated rings. The lowest BCUT2D eigenvalue weighted by atomic mass is 9.87. The number of hydrogen-bond donors (Lipinski definition) is 1. The summed E-state index contributed by atoms with van der Waals surface area (Å²) in [5, 5.41) is 3.03. The topological polar surface area (TPSA) is 46.2 Å². The van der Waals surface area contributed by atoms with E-state index in [4.69, 9.17) is 0 Å². The highest BCUT2D eigenvalue weighted by Gasteiger charge is 2.39. The van der Waals surface area contributed by atoms with E-state index >= 15 is 0 Å². The molecule has 1 aromatic carbocycles. The van der Waals surface area contributed by atoms with Gasteiger partial charge in [-0.15, -0.1) is 0 Å². The molecule has 112 valence electrons. The van der Waals surface area contributed by atoms with Crippen molar-refractivity contribution in [3.8, 4) is 0 Å². The quantitative estimate of drug-likeness (QED) is 0.895. The van der Waals surface area contributed by atoms with Crippen LogP contribution in [0.15, 0.2) is 33.6 Å². The van der Waals surface area contributed by atoms with Gasteiger partial charge in [0.25, 0.3) is 0 Å². The van der Waals surface area contributed by atoms with Crippen LogP contribution in [0.1, 0.15) is 33.1 Å². The van der Waals surface area contributed by atoms with Crippen LogP contribution in [0.5, 0.6) is 0 Å². The molecule has 1 aliphatic rings. The number of nitrogens with one attached hydrogen (secondary N) is 1. The molecule has 0 radical (unpaired) electrons. The monoisotopic (exact) mass is 359 g/mol. The number of hydrogen-bond acceptors (Lipinski definition) is 3. The van der Waals surface area contributed by atoms with Gasteiger partial charge < -0.3 is 5.32 Å². The summed E-state index contributed by atoms with van der Waals surface area (Å²) < 4.78 is 26.6. The summed E-state index contributed by atoms with van der Waals surface area (Å²) in [5.41, 5.74) is 0. The van der Waals surface area contributed by atoms with Gasteiger partial charge >= 0.3 is 0 Å². The third-order valence-corrected chi connectivity index (χ3v) is 7.30. The van der Waals surface area contributed by atoms with E-state index in [1.165, 1.54) is 0 Å². The lowest BCUT2D eigenvalue weighted by Crippen LogP contribution is -2.47. The van der Waals surface area contributed by atoms with Crippen molar-refractivity contribution in [2.45, 2.75) is 49.3 Å². The van der Waals surface area contributed by atoms with Gasteiger partial charge in [-0.3, -0.25) is 0 Å². The maximum atomic E-state index is 13.0. The van der Waals surface area contributed by atoms with E-state index in [9.17, 15) is 8.42 Å². The summed E-state index contributed by atoms with van der Waals surface area (Å²) >= 11 is 3.37. The van der Waals surface area contributed by atoms with Gasteiger partial charge in [0.15, 0.2) is 9.84 Å². The van der Waals surface area contributed by atoms with Gasteiger partial charge in [0.05, 0.1) is 10.1 Å². The van der Waals surface area contributed by atoms with Crippen molar-refractivity contribution in [1.29, 1.82) is 0 Å². The summed E-state index contributed by atoms with van der Waals surface area (Å²) in [7, 11) is -3.31. The molecule has 1 aliphatic carbocycles. The van der Waals surface area contributed by atoms with Crippen LogP contribution < -0.4 is 5.32 Å². The minimum absolute atomic E-state index is 0.0632. The molecule has 1 N–H and O–H groups in total. The van der Waals surface area contributed by atoms with Crippen LogP contribution in [0.25, 0.3) is 0 Å². The van der Waals surface area contributed by atoms with Gasteiger partial charge in [0, 0.05) is 10.5 Å². The Morgan fingerprint density at radius 3 is 2.65 bits per heavy atom. The minimum Gasteiger partial charge on any atom is -0.313 e. The fourth-order valence-corrected chi connectivity index (χ4v) is 6.15. The lowest BCUT2D eigenvalue weighted by Gasteiger charge is -2.35. The fraction of sp³-hybridized carbons (Fsp3) is 0.600. The van der Waals surface area contributed by atoms with Gasteiger partial charge in [0.1, 0.15) is 0 Å². The van der Waals surface area contributed by atoms with Gasteiger partial charge in [-0.25, -0.2) is 8.42 Å². The molecule has 1 aromatic rings. The highest BCUT2D eigenvalue weighted by Crippen LogP contribution is 2.34. The molecule has 20 heavy (non-hydrogen) atoms. The van der Waals surface area contributed by atoms with Crippen LogP contribution in [-0.2, 0) is 9.84 Å². The molecule has 0 bridgehead atoms. The average molecular weight is 360 g/mol. The summed E-state index contributed by atoms with van der Waals surface area (Å²) in [6.45, 7) is 4.98. The van der Waals surface area contributed by atoms with Gasteiger partial charge in [-0.1, -0.05) is 26.0 Å². The molecule has 5 heteroatoms. The highest BCUT2D eigenvalue weighted by atomic mass is 79.9. The van der Waals surface area contributed by atoms with E-state index < -0.39 is 9.84 Å². The molecule has 1 saturated carbocycles. The van der Waals surface area contributed by atoms with Gasteiger partial charge in [0.2, 0.25) is 0 Å². The molecule has 0 spiro atoms. The molecule has 3 unspecified atom stereocenters. The molecule has 3 nitrogen and oxygen atoms in total. The van der Waals surface area contributed by atoms with Crippen LogP contribution in [0.4, 0.5) is 0 Å². The van der Waals surface area contributed by atoms with Crippen molar-refractivity contribution < 1.29 is 8.42 Å². The minimum atomic E-state index is -3.31. The maximum absolute atomic E-state index is 13.0. The Morgan fingerprint density at radius 1 is 1.30 bits per heavy atom. The first-order valence-electron chi connectivity index (χ1n) is 7.18. The Labute approximate surface area is 130 Å². The van der Waals surface area contributed by atoms with Crippen LogP contribution in [-0.4, -0.2) is 26.3 Å². The zero-order valence-electron chi connectivity index (χ0n) is 12.0. The maximum Gasteiger partial charge on any atom is 0.183 e. The van der Waals surface area contributed by atoms with E-state index in [0.717, 1.165) is 25.8 Å². The normalized spacial score (nSPS) is 27.4. The Balaban J connectivity index is 2.37. The molecular formula is C15H22BrNO2S. The third-order valence-electron chi connectivity index (χ3n) is 4.06. The van der Waals surface area contributed by atoms with Crippen LogP contribution in [0, 0.1) is 5.92 Å². The first-order valence-corrected chi connectivity index (χ1v) is 9.52. The third kappa shape index (κ3) is 3.26. The highest BCUT2D eigenvalue weighted by molar-refractivity contribution is 9.10. The number of benzene rings is 1. The Bertz CT molecular complexity index is 559. The molecule has 0 aliphatic heterocycles. The molecule has 0 aromatic heterocycles. The number of sulfone groups is 1. The number of halogens is 1. The average Bonchev–Trinajstić information content (AvgIpc) is 2.41. The Kier molecular flexibility index (Phi) is 5.26. The van der Waals surface area contributed by atoms with Crippen LogP contribution >= 0.6 is 15.9 Å². The second-order valence-electron chi connectivity index (χ2n) is 5.60. The van der Waals surface area contributed by atoms with Crippen molar-refractivity contribution in [3.05, 3.63) is 28.7 Å². The second kappa shape index (κ2) is 6.58. The molecule has 3 atom stereocenters. The standard InChI is InChI=1S/C15H22BrNO2S/c1-3-17-13-9-8-11(2)10-15(13)20(18,19)14-7-5-4-6-12(14)16/h4-7,11,13,15,17H,3,8-10H2,1-2H3. The number of rotatable bonds is 4. The SMILES string of the molecule is CCNC1CCC(C)CC1S(=O)(=O)c1ccccc1Br. The second-order valence-corrected chi connectivity index (χ2v) is 8.59. The molecule has 2 rings (SSSR count). The molecule has 0 amide bonds. The van der Waals surface area contributed by atoms with Crippen LogP contribution in [0.2, 0.25) is 0 Å². The van der Waals surface area contributed by atoms with E-state index in [1.807, 2.05) is 13.0 Å². The van der Waals surface area contributed by atoms with Crippen LogP contribution in [0.3, 0.4) is 0 Å². The summed E-state index contributed by atoms with van der Waals surface area (Å²) in [4.78, 5) is 0.419. The zero-order chi connectivity index (χ0) is 14.8. The van der Waals surface area contributed by atoms with Gasteiger partial charge in [-0.05, 0) is 59.8 Å². The van der Waals surface area contributed by atoms with E-state index in [2.05, 4.69) is 28.2 Å². The molecule has 0 heterocycles. The smallest absolute Gasteiger partial charge is 0.183 e. The Morgan fingerprint density at radius 2 is 2.00 bits per heavy atom. The largest absolute Gasteiger partial charge is 0.313 e. The summed E-state index contributed by atoms with van der Waals surface area (Å²) in [6.07, 6.45) is 2.77. The first kappa shape index (κ1) is 16.0. The van der Waals surface area contributed by atoms with Crippen molar-refractivity contribution >= 4 is 25.8 Å². The predicted octanol–water partition coefficient (Wildman–Crippen LogP) is 3.39. The zero-order valence-corrected chi connectivity index (χ0v) is 14.4. The fourth-order valence-electron chi connectivity index (χ4n) is 3.01. The summed E-state index contributed by atoms with van der Waals surface area (Å²) in [6, 6.07) is 7.18. The lowest BCUT2D eigenvalue weighted by molar-refractivity contribution is 0.311. The van der Waals surface area contributed by atoms with Crippen molar-refractivity contribution in [2.75, 3.05) is 6.54 Å². The summed E-state index contributed by atoms with van der Waals surface area (Å²) in [5.74, 6) is 0.465. The molecule has 0 saturated heterocycles. The van der Waals surface area contributed by atoms with Crippen molar-refractivity contribution in [2.24, 2.45) is 5.92 Å².